The van der Waals surface area contributed by atoms with Crippen LogP contribution in [0.25, 0.3) is 0 Å². The van der Waals surface area contributed by atoms with Crippen LogP contribution in [0.15, 0.2) is 0 Å². The number of hydrogen-bond donors (Lipinski definition) is 0. The Kier molecular flexibility index (Phi) is 3.44. The Morgan fingerprint density at radius 2 is 1.44 bits per heavy atom. The molecule has 0 aromatic carbocycles. The van der Waals surface area contributed by atoms with Gasteiger partial charge in [0.25, 0.3) is 0 Å². The highest BCUT2D eigenvalue weighted by Gasteiger charge is 2.51. The maximum Gasteiger partial charge on any atom is 0.0784 e. The number of hydrogen-bond acceptors (Lipinski definition) is 2. The summed E-state index contributed by atoms with van der Waals surface area (Å²) in [6.07, 6.45) is 8.98. The summed E-state index contributed by atoms with van der Waals surface area (Å²) in [6.45, 7) is 7.12. The van der Waals surface area contributed by atoms with Crippen molar-refractivity contribution in [1.29, 1.82) is 0 Å². The van der Waals surface area contributed by atoms with Gasteiger partial charge in [-0.05, 0) is 77.0 Å². The Balaban J connectivity index is 1.56. The van der Waals surface area contributed by atoms with E-state index in [9.17, 15) is 0 Å². The normalized spacial score (nSPS) is 43.7. The third-order valence-electron chi connectivity index (χ3n) is 5.11. The van der Waals surface area contributed by atoms with E-state index < -0.39 is 0 Å². The van der Waals surface area contributed by atoms with E-state index in [1.807, 2.05) is 0 Å². The van der Waals surface area contributed by atoms with Gasteiger partial charge in [0.05, 0.1) is 24.4 Å². The van der Waals surface area contributed by atoms with Crippen molar-refractivity contribution in [1.82, 2.24) is 0 Å². The molecule has 1 unspecified atom stereocenters. The van der Waals surface area contributed by atoms with Crippen molar-refractivity contribution < 1.29 is 9.47 Å². The molecule has 4 aliphatic rings. The summed E-state index contributed by atoms with van der Waals surface area (Å²) in [4.78, 5) is 0. The lowest BCUT2D eigenvalue weighted by atomic mass is 9.54. The van der Waals surface area contributed by atoms with Gasteiger partial charge in [-0.2, -0.15) is 0 Å². The summed E-state index contributed by atoms with van der Waals surface area (Å²) in [5, 5.41) is 0. The van der Waals surface area contributed by atoms with Gasteiger partial charge in [0.1, 0.15) is 0 Å². The molecule has 4 bridgehead atoms. The van der Waals surface area contributed by atoms with Gasteiger partial charge in [0.15, 0.2) is 0 Å². The van der Waals surface area contributed by atoms with Gasteiger partial charge in [0.2, 0.25) is 0 Å². The lowest BCUT2D eigenvalue weighted by Gasteiger charge is -2.56. The van der Waals surface area contributed by atoms with Crippen LogP contribution in [0.1, 0.15) is 59.3 Å². The molecular formula is C16H28O2. The van der Waals surface area contributed by atoms with Crippen LogP contribution in [-0.4, -0.2) is 24.4 Å². The second kappa shape index (κ2) is 4.79. The molecule has 0 heterocycles. The molecule has 18 heavy (non-hydrogen) atoms. The van der Waals surface area contributed by atoms with E-state index in [0.717, 1.165) is 24.4 Å². The fraction of sp³-hybridized carbons (Fsp3) is 1.00. The van der Waals surface area contributed by atoms with Crippen LogP contribution in [0.2, 0.25) is 0 Å². The first-order valence-electron chi connectivity index (χ1n) is 7.84. The summed E-state index contributed by atoms with van der Waals surface area (Å²) < 4.78 is 12.2. The second-order valence-electron chi connectivity index (χ2n) is 7.41. The molecule has 0 N–H and O–H groups in total. The zero-order valence-electron chi connectivity index (χ0n) is 12.2. The summed E-state index contributed by atoms with van der Waals surface area (Å²) in [6, 6.07) is 0. The molecule has 0 aliphatic heterocycles. The average Bonchev–Trinajstić information content (AvgIpc) is 2.23. The molecule has 104 valence electrons. The lowest BCUT2D eigenvalue weighted by molar-refractivity contribution is -0.180. The summed E-state index contributed by atoms with van der Waals surface area (Å²) in [5.41, 5.74) is 0.239. The highest BCUT2D eigenvalue weighted by molar-refractivity contribution is 5.03. The highest BCUT2D eigenvalue weighted by atomic mass is 16.5. The molecule has 4 aliphatic carbocycles. The van der Waals surface area contributed by atoms with Crippen LogP contribution >= 0.6 is 0 Å². The Hall–Kier alpha value is -0.0800. The average molecular weight is 252 g/mol. The highest BCUT2D eigenvalue weighted by Crippen LogP contribution is 2.57. The third-order valence-corrected chi connectivity index (χ3v) is 5.11. The topological polar surface area (TPSA) is 18.5 Å². The van der Waals surface area contributed by atoms with Crippen LogP contribution in [0.5, 0.6) is 0 Å². The number of rotatable bonds is 5. The Morgan fingerprint density at radius 3 is 1.89 bits per heavy atom. The van der Waals surface area contributed by atoms with Crippen LogP contribution in [0.3, 0.4) is 0 Å². The largest absolute Gasteiger partial charge is 0.373 e. The Bertz CT molecular complexity index is 262. The molecule has 4 rings (SSSR count). The minimum Gasteiger partial charge on any atom is -0.373 e. The second-order valence-corrected chi connectivity index (χ2v) is 7.41. The molecule has 2 heteroatoms. The minimum atomic E-state index is 0.234. The molecule has 0 radical (unpaired) electrons. The standard InChI is InChI=1S/C16H28O2/c1-11(2)18-12(3)10-17-16-7-13-4-14(8-16)6-15(5-13)9-16/h11-15H,4-10H2,1-3H3. The Morgan fingerprint density at radius 1 is 0.944 bits per heavy atom. The smallest absolute Gasteiger partial charge is 0.0784 e. The maximum absolute atomic E-state index is 6.38. The lowest BCUT2D eigenvalue weighted by Crippen LogP contribution is -2.52. The first-order valence-corrected chi connectivity index (χ1v) is 7.84. The van der Waals surface area contributed by atoms with Gasteiger partial charge in [-0.15, -0.1) is 0 Å². The van der Waals surface area contributed by atoms with Crippen molar-refractivity contribution in [3.63, 3.8) is 0 Å². The van der Waals surface area contributed by atoms with Gasteiger partial charge < -0.3 is 9.47 Å². The van der Waals surface area contributed by atoms with Crippen molar-refractivity contribution in [2.45, 2.75) is 77.1 Å². The molecule has 1 atom stereocenters. The molecule has 2 nitrogen and oxygen atoms in total. The van der Waals surface area contributed by atoms with E-state index in [1.165, 1.54) is 38.5 Å². The first kappa shape index (κ1) is 12.9. The van der Waals surface area contributed by atoms with Gasteiger partial charge in [-0.3, -0.25) is 0 Å². The fourth-order valence-electron chi connectivity index (χ4n) is 5.01. The molecule has 4 fully saturated rings. The van der Waals surface area contributed by atoms with Crippen molar-refractivity contribution >= 4 is 0 Å². The van der Waals surface area contributed by atoms with E-state index in [2.05, 4.69) is 20.8 Å². The number of ether oxygens (including phenoxy) is 2. The van der Waals surface area contributed by atoms with E-state index in [0.29, 0.717) is 6.10 Å². The van der Waals surface area contributed by atoms with Crippen molar-refractivity contribution in [2.75, 3.05) is 6.61 Å². The maximum atomic E-state index is 6.38. The third kappa shape index (κ3) is 2.60. The summed E-state index contributed by atoms with van der Waals surface area (Å²) in [5.74, 6) is 2.91. The van der Waals surface area contributed by atoms with Gasteiger partial charge in [0, 0.05) is 0 Å². The SMILES string of the molecule is CC(C)OC(C)COC12CC3CC(CC(C3)C1)C2. The quantitative estimate of drug-likeness (QED) is 0.741. The molecule has 0 amide bonds. The van der Waals surface area contributed by atoms with Gasteiger partial charge in [-0.1, -0.05) is 0 Å². The van der Waals surface area contributed by atoms with Gasteiger partial charge in [-0.25, -0.2) is 0 Å². The van der Waals surface area contributed by atoms with E-state index >= 15 is 0 Å². The minimum absolute atomic E-state index is 0.234. The van der Waals surface area contributed by atoms with Crippen LogP contribution in [0, 0.1) is 17.8 Å². The van der Waals surface area contributed by atoms with E-state index in [1.54, 1.807) is 0 Å². The van der Waals surface area contributed by atoms with Crippen LogP contribution < -0.4 is 0 Å². The molecular weight excluding hydrogens is 224 g/mol. The molecule has 0 aromatic heterocycles. The summed E-state index contributed by atoms with van der Waals surface area (Å²) in [7, 11) is 0. The zero-order valence-corrected chi connectivity index (χ0v) is 12.2. The predicted octanol–water partition coefficient (Wildman–Crippen LogP) is 3.79. The van der Waals surface area contributed by atoms with Crippen molar-refractivity contribution in [2.24, 2.45) is 17.8 Å². The van der Waals surface area contributed by atoms with E-state index in [-0.39, 0.29) is 11.7 Å². The van der Waals surface area contributed by atoms with Crippen LogP contribution in [0.4, 0.5) is 0 Å². The van der Waals surface area contributed by atoms with Crippen molar-refractivity contribution in [3.8, 4) is 0 Å². The summed E-state index contributed by atoms with van der Waals surface area (Å²) >= 11 is 0. The van der Waals surface area contributed by atoms with Crippen LogP contribution in [-0.2, 0) is 9.47 Å². The van der Waals surface area contributed by atoms with E-state index in [4.69, 9.17) is 9.47 Å². The molecule has 4 saturated carbocycles. The molecule has 0 spiro atoms. The first-order chi connectivity index (χ1) is 8.55. The van der Waals surface area contributed by atoms with Gasteiger partial charge >= 0.3 is 0 Å². The molecule has 0 saturated heterocycles. The Labute approximate surface area is 111 Å². The monoisotopic (exact) mass is 252 g/mol. The molecule has 0 aromatic rings. The zero-order chi connectivity index (χ0) is 12.8. The predicted molar refractivity (Wildman–Crippen MR) is 72.5 cm³/mol. The van der Waals surface area contributed by atoms with Crippen molar-refractivity contribution in [3.05, 3.63) is 0 Å². The fourth-order valence-corrected chi connectivity index (χ4v) is 5.01.